The molecule has 1 N–H and O–H groups in total. The van der Waals surface area contributed by atoms with E-state index in [0.717, 1.165) is 22.4 Å². The summed E-state index contributed by atoms with van der Waals surface area (Å²) >= 11 is 3.96. The van der Waals surface area contributed by atoms with Crippen LogP contribution in [0.25, 0.3) is 11.0 Å². The number of nitrogens with zero attached hydrogens (tertiary/aromatic N) is 4. The number of fused-ring (bicyclic) bond motifs is 1. The van der Waals surface area contributed by atoms with E-state index in [2.05, 4.69) is 19.0 Å². The molecule has 1 aliphatic heterocycles. The molecule has 1 aromatic carbocycles. The number of thioether (sulfide) groups is 1. The lowest BCUT2D eigenvalue weighted by atomic mass is 10.3. The lowest BCUT2D eigenvalue weighted by molar-refractivity contribution is -0.123. The predicted molar refractivity (Wildman–Crippen MR) is 111 cm³/mol. The van der Waals surface area contributed by atoms with E-state index in [1.807, 2.05) is 12.3 Å². The molecule has 1 aliphatic rings. The van der Waals surface area contributed by atoms with Gasteiger partial charge in [-0.2, -0.15) is 13.1 Å². The molecule has 4 rings (SSSR count). The van der Waals surface area contributed by atoms with Crippen LogP contribution in [0.15, 0.2) is 28.5 Å². The number of hydrogen-bond acceptors (Lipinski definition) is 9. The lowest BCUT2D eigenvalue weighted by Gasteiger charge is -2.22. The van der Waals surface area contributed by atoms with Gasteiger partial charge in [-0.05, 0) is 19.1 Å². The largest absolute Gasteiger partial charge is 0.354 e. The fourth-order valence-corrected chi connectivity index (χ4v) is 7.49. The number of amides is 1. The van der Waals surface area contributed by atoms with Crippen LogP contribution in [-0.2, 0) is 21.2 Å². The molecule has 0 radical (unpaired) electrons. The molecule has 0 spiro atoms. The average molecular weight is 456 g/mol. The van der Waals surface area contributed by atoms with Crippen molar-refractivity contribution >= 4 is 61.8 Å². The van der Waals surface area contributed by atoms with Crippen molar-refractivity contribution in [2.45, 2.75) is 24.3 Å². The summed E-state index contributed by atoms with van der Waals surface area (Å²) in [6.45, 7) is 2.35. The summed E-state index contributed by atoms with van der Waals surface area (Å²) in [5, 5.41) is 5.80. The highest BCUT2D eigenvalue weighted by molar-refractivity contribution is 8.00. The number of aryl methyl sites for hydroxylation is 1. The zero-order valence-corrected chi connectivity index (χ0v) is 18.1. The standard InChI is InChI=1S/C16H17N5O3S4/c1-10-18-11(7-26-10)5-6-17-16(22)13-8-25-9-21(13)28(23,24)14-4-2-3-12-15(14)20-27-19-12/h2-4,7,13H,5-6,8-9H2,1H3,(H,17,22). The Bertz CT molecular complexity index is 1110. The number of carbonyl (C=O) groups excluding carboxylic acids is 1. The summed E-state index contributed by atoms with van der Waals surface area (Å²) in [7, 11) is -3.86. The van der Waals surface area contributed by atoms with Gasteiger partial charge >= 0.3 is 0 Å². The normalized spacial score (nSPS) is 18.0. The molecule has 8 nitrogen and oxygen atoms in total. The summed E-state index contributed by atoms with van der Waals surface area (Å²) in [6.07, 6.45) is 0.618. The van der Waals surface area contributed by atoms with Crippen molar-refractivity contribution in [2.75, 3.05) is 18.2 Å². The van der Waals surface area contributed by atoms with E-state index in [9.17, 15) is 13.2 Å². The highest BCUT2D eigenvalue weighted by Gasteiger charge is 2.40. The second-order valence-corrected chi connectivity index (χ2v) is 10.6. The van der Waals surface area contributed by atoms with E-state index in [1.54, 1.807) is 23.5 Å². The SMILES string of the molecule is Cc1nc(CCNC(=O)C2CSCN2S(=O)(=O)c2cccc3nsnc23)cs1. The van der Waals surface area contributed by atoms with Crippen LogP contribution in [-0.4, -0.2) is 56.6 Å². The molecular formula is C16H17N5O3S4. The van der Waals surface area contributed by atoms with Gasteiger partial charge in [0.1, 0.15) is 22.0 Å². The Balaban J connectivity index is 1.49. The van der Waals surface area contributed by atoms with Gasteiger partial charge in [-0.25, -0.2) is 13.4 Å². The number of thiazole rings is 1. The Labute approximate surface area is 174 Å². The molecule has 12 heteroatoms. The second kappa shape index (κ2) is 8.03. The monoisotopic (exact) mass is 455 g/mol. The number of rotatable bonds is 6. The summed E-state index contributed by atoms with van der Waals surface area (Å²) in [4.78, 5) is 17.1. The highest BCUT2D eigenvalue weighted by Crippen LogP contribution is 2.31. The van der Waals surface area contributed by atoms with Crippen molar-refractivity contribution in [1.82, 2.24) is 23.4 Å². The molecular weight excluding hydrogens is 438 g/mol. The Hall–Kier alpha value is -1.60. The summed E-state index contributed by atoms with van der Waals surface area (Å²) < 4.78 is 35.9. The topological polar surface area (TPSA) is 105 Å². The van der Waals surface area contributed by atoms with Crippen LogP contribution in [0.4, 0.5) is 0 Å². The summed E-state index contributed by atoms with van der Waals surface area (Å²) in [5.74, 6) is 0.371. The van der Waals surface area contributed by atoms with Crippen LogP contribution in [0.1, 0.15) is 10.7 Å². The zero-order valence-electron chi connectivity index (χ0n) is 14.9. The average Bonchev–Trinajstić information content (AvgIpc) is 3.41. The maximum absolute atomic E-state index is 13.2. The smallest absolute Gasteiger partial charge is 0.246 e. The Morgan fingerprint density at radius 1 is 1.36 bits per heavy atom. The quantitative estimate of drug-likeness (QED) is 0.605. The summed E-state index contributed by atoms with van der Waals surface area (Å²) in [6, 6.07) is 4.14. The van der Waals surface area contributed by atoms with E-state index >= 15 is 0 Å². The molecule has 2 aromatic heterocycles. The molecule has 1 unspecified atom stereocenters. The minimum Gasteiger partial charge on any atom is -0.354 e. The maximum Gasteiger partial charge on any atom is 0.246 e. The van der Waals surface area contributed by atoms with Gasteiger partial charge in [0.2, 0.25) is 15.9 Å². The van der Waals surface area contributed by atoms with Gasteiger partial charge in [0.25, 0.3) is 0 Å². The zero-order chi connectivity index (χ0) is 19.7. The third-order valence-corrected chi connectivity index (χ3v) is 8.75. The first-order valence-electron chi connectivity index (χ1n) is 8.46. The number of sulfonamides is 1. The molecule has 1 saturated heterocycles. The molecule has 0 bridgehead atoms. The summed E-state index contributed by atoms with van der Waals surface area (Å²) in [5.41, 5.74) is 1.82. The van der Waals surface area contributed by atoms with E-state index in [0.29, 0.717) is 29.8 Å². The number of nitrogens with one attached hydrogen (secondary N) is 1. The maximum atomic E-state index is 13.2. The van der Waals surface area contributed by atoms with Crippen molar-refractivity contribution in [2.24, 2.45) is 0 Å². The van der Waals surface area contributed by atoms with Gasteiger partial charge in [0, 0.05) is 24.1 Å². The van der Waals surface area contributed by atoms with Gasteiger partial charge in [-0.15, -0.1) is 23.1 Å². The lowest BCUT2D eigenvalue weighted by Crippen LogP contribution is -2.47. The molecule has 28 heavy (non-hydrogen) atoms. The molecule has 3 heterocycles. The van der Waals surface area contributed by atoms with Crippen LogP contribution >= 0.6 is 34.8 Å². The van der Waals surface area contributed by atoms with E-state index in [1.165, 1.54) is 22.1 Å². The van der Waals surface area contributed by atoms with Crippen molar-refractivity contribution in [3.05, 3.63) is 34.3 Å². The molecule has 1 amide bonds. The van der Waals surface area contributed by atoms with Crippen LogP contribution in [0, 0.1) is 6.92 Å². The molecule has 0 aliphatic carbocycles. The van der Waals surface area contributed by atoms with Crippen molar-refractivity contribution in [1.29, 1.82) is 0 Å². The fourth-order valence-electron chi connectivity index (χ4n) is 2.94. The first-order chi connectivity index (χ1) is 13.5. The first kappa shape index (κ1) is 19.7. The third-order valence-electron chi connectivity index (χ3n) is 4.33. The van der Waals surface area contributed by atoms with Gasteiger partial charge in [0.15, 0.2) is 0 Å². The molecule has 1 atom stereocenters. The van der Waals surface area contributed by atoms with Crippen LogP contribution in [0.3, 0.4) is 0 Å². The van der Waals surface area contributed by atoms with Gasteiger partial charge in [-0.1, -0.05) is 6.07 Å². The van der Waals surface area contributed by atoms with Gasteiger partial charge in [-0.3, -0.25) is 4.79 Å². The van der Waals surface area contributed by atoms with Crippen molar-refractivity contribution in [3.8, 4) is 0 Å². The number of carbonyl (C=O) groups is 1. The fraction of sp³-hybridized carbons (Fsp3) is 0.375. The Morgan fingerprint density at radius 2 is 2.21 bits per heavy atom. The van der Waals surface area contributed by atoms with Gasteiger partial charge in [0.05, 0.1) is 28.3 Å². The third kappa shape index (κ3) is 3.79. The molecule has 3 aromatic rings. The number of aromatic nitrogens is 3. The van der Waals surface area contributed by atoms with E-state index < -0.39 is 16.1 Å². The van der Waals surface area contributed by atoms with Crippen molar-refractivity contribution < 1.29 is 13.2 Å². The minimum atomic E-state index is -3.86. The van der Waals surface area contributed by atoms with Gasteiger partial charge < -0.3 is 5.32 Å². The number of hydrogen-bond donors (Lipinski definition) is 1. The van der Waals surface area contributed by atoms with Crippen LogP contribution in [0.5, 0.6) is 0 Å². The van der Waals surface area contributed by atoms with Crippen molar-refractivity contribution in [3.63, 3.8) is 0 Å². The van der Waals surface area contributed by atoms with E-state index in [-0.39, 0.29) is 16.7 Å². The molecule has 1 fully saturated rings. The Kier molecular flexibility index (Phi) is 5.65. The second-order valence-electron chi connectivity index (χ2n) is 6.19. The van der Waals surface area contributed by atoms with Crippen LogP contribution in [0.2, 0.25) is 0 Å². The van der Waals surface area contributed by atoms with Crippen LogP contribution < -0.4 is 5.32 Å². The Morgan fingerprint density at radius 3 is 3.00 bits per heavy atom. The minimum absolute atomic E-state index is 0.0944. The molecule has 0 saturated carbocycles. The van der Waals surface area contributed by atoms with E-state index in [4.69, 9.17) is 0 Å². The first-order valence-corrected chi connectivity index (χ1v) is 12.7. The highest BCUT2D eigenvalue weighted by atomic mass is 32.2. The predicted octanol–water partition coefficient (Wildman–Crippen LogP) is 1.88. The number of benzene rings is 1. The molecule has 148 valence electrons.